The highest BCUT2D eigenvalue weighted by Gasteiger charge is 2.10. The number of rotatable bonds is 5. The average Bonchev–Trinajstić information content (AvgIpc) is 2.67. The van der Waals surface area contributed by atoms with Crippen LogP contribution in [0.25, 0.3) is 11.6 Å². The lowest BCUT2D eigenvalue weighted by Gasteiger charge is -2.09. The zero-order valence-corrected chi connectivity index (χ0v) is 13.5. The van der Waals surface area contributed by atoms with Crippen molar-refractivity contribution in [1.82, 2.24) is 4.98 Å². The van der Waals surface area contributed by atoms with Gasteiger partial charge in [0.05, 0.1) is 5.57 Å². The van der Waals surface area contributed by atoms with Crippen LogP contribution >= 0.6 is 0 Å². The maximum absolute atomic E-state index is 11.8. The van der Waals surface area contributed by atoms with Gasteiger partial charge in [0.25, 0.3) is 0 Å². The number of pyridine rings is 1. The summed E-state index contributed by atoms with van der Waals surface area (Å²) < 4.78 is 0. The van der Waals surface area contributed by atoms with E-state index in [1.807, 2.05) is 66.7 Å². The largest absolute Gasteiger partial charge is 0.478 e. The summed E-state index contributed by atoms with van der Waals surface area (Å²) in [5.41, 5.74) is 3.74. The van der Waals surface area contributed by atoms with Gasteiger partial charge in [-0.05, 0) is 40.5 Å². The quantitative estimate of drug-likeness (QED) is 0.547. The summed E-state index contributed by atoms with van der Waals surface area (Å²) in [6.45, 7) is 0. The number of aliphatic carboxylic acids is 1. The first-order chi connectivity index (χ1) is 12.2. The molecule has 0 saturated heterocycles. The van der Waals surface area contributed by atoms with E-state index < -0.39 is 5.97 Å². The summed E-state index contributed by atoms with van der Waals surface area (Å²) >= 11 is 0. The smallest absolute Gasteiger partial charge is 0.335 e. The van der Waals surface area contributed by atoms with Crippen LogP contribution < -0.4 is 0 Å². The van der Waals surface area contributed by atoms with Crippen molar-refractivity contribution in [2.45, 2.75) is 0 Å². The maximum atomic E-state index is 11.8. The minimum atomic E-state index is -0.979. The second-order valence-electron chi connectivity index (χ2n) is 5.48. The minimum absolute atomic E-state index is 0.204. The van der Waals surface area contributed by atoms with Crippen molar-refractivity contribution < 1.29 is 9.90 Å². The summed E-state index contributed by atoms with van der Waals surface area (Å²) in [5.74, 6) is -0.979. The van der Waals surface area contributed by atoms with Gasteiger partial charge < -0.3 is 5.11 Å². The highest BCUT2D eigenvalue weighted by molar-refractivity contribution is 5.99. The van der Waals surface area contributed by atoms with E-state index >= 15 is 0 Å². The van der Waals surface area contributed by atoms with E-state index in [4.69, 9.17) is 0 Å². The standard InChI is InChI=1S/C22H17NO2/c24-22(25)20(14-17-8-7-13-23-16-17)15-21(18-9-3-1-4-10-18)19-11-5-2-6-12-19/h1-16H,(H,24,25)/b20-14+. The van der Waals surface area contributed by atoms with Gasteiger partial charge in [-0.2, -0.15) is 0 Å². The van der Waals surface area contributed by atoms with Crippen LogP contribution in [0.15, 0.2) is 96.8 Å². The molecule has 0 spiro atoms. The lowest BCUT2D eigenvalue weighted by molar-refractivity contribution is -0.132. The van der Waals surface area contributed by atoms with Crippen molar-refractivity contribution in [3.63, 3.8) is 0 Å². The van der Waals surface area contributed by atoms with Crippen molar-refractivity contribution in [3.05, 3.63) is 114 Å². The molecule has 0 radical (unpaired) electrons. The molecule has 25 heavy (non-hydrogen) atoms. The molecule has 122 valence electrons. The molecule has 0 atom stereocenters. The molecule has 1 N–H and O–H groups in total. The Kier molecular flexibility index (Phi) is 5.17. The van der Waals surface area contributed by atoms with Crippen LogP contribution in [-0.2, 0) is 4.79 Å². The van der Waals surface area contributed by atoms with Crippen molar-refractivity contribution >= 4 is 17.6 Å². The fourth-order valence-electron chi connectivity index (χ4n) is 2.53. The topological polar surface area (TPSA) is 50.2 Å². The summed E-state index contributed by atoms with van der Waals surface area (Å²) in [6.07, 6.45) is 6.63. The zero-order chi connectivity index (χ0) is 17.5. The zero-order valence-electron chi connectivity index (χ0n) is 13.5. The molecule has 0 amide bonds. The lowest BCUT2D eigenvalue weighted by Crippen LogP contribution is -2.00. The highest BCUT2D eigenvalue weighted by atomic mass is 16.4. The number of aromatic nitrogens is 1. The first kappa shape index (κ1) is 16.4. The molecule has 3 heteroatoms. The van der Waals surface area contributed by atoms with E-state index in [0.717, 1.165) is 22.3 Å². The van der Waals surface area contributed by atoms with Gasteiger partial charge in [0.2, 0.25) is 0 Å². The fraction of sp³-hybridized carbons (Fsp3) is 0. The van der Waals surface area contributed by atoms with Crippen LogP contribution in [0.4, 0.5) is 0 Å². The van der Waals surface area contributed by atoms with Gasteiger partial charge in [-0.1, -0.05) is 66.7 Å². The van der Waals surface area contributed by atoms with Crippen molar-refractivity contribution in [2.75, 3.05) is 0 Å². The van der Waals surface area contributed by atoms with E-state index in [2.05, 4.69) is 4.98 Å². The maximum Gasteiger partial charge on any atom is 0.335 e. The first-order valence-corrected chi connectivity index (χ1v) is 7.91. The Hall–Kier alpha value is -3.46. The third-order valence-electron chi connectivity index (χ3n) is 3.72. The number of benzene rings is 2. The Labute approximate surface area is 146 Å². The van der Waals surface area contributed by atoms with Crippen LogP contribution in [0.5, 0.6) is 0 Å². The predicted molar refractivity (Wildman–Crippen MR) is 99.8 cm³/mol. The number of carboxylic acids is 1. The van der Waals surface area contributed by atoms with E-state index in [1.165, 1.54) is 0 Å². The summed E-state index contributed by atoms with van der Waals surface area (Å²) in [5, 5.41) is 9.64. The number of carboxylic acid groups (broad SMARTS) is 1. The van der Waals surface area contributed by atoms with Crippen molar-refractivity contribution in [3.8, 4) is 0 Å². The minimum Gasteiger partial charge on any atom is -0.478 e. The van der Waals surface area contributed by atoms with Gasteiger partial charge in [-0.3, -0.25) is 4.98 Å². The van der Waals surface area contributed by atoms with E-state index in [-0.39, 0.29) is 5.57 Å². The fourth-order valence-corrected chi connectivity index (χ4v) is 2.53. The molecule has 0 saturated carbocycles. The molecular formula is C22H17NO2. The van der Waals surface area contributed by atoms with E-state index in [1.54, 1.807) is 30.6 Å². The predicted octanol–water partition coefficient (Wildman–Crippen LogP) is 4.68. The van der Waals surface area contributed by atoms with Crippen LogP contribution in [-0.4, -0.2) is 16.1 Å². The summed E-state index contributed by atoms with van der Waals surface area (Å²) in [4.78, 5) is 15.8. The summed E-state index contributed by atoms with van der Waals surface area (Å²) in [7, 11) is 0. The third kappa shape index (κ3) is 4.30. The SMILES string of the molecule is O=C(O)/C(C=C(c1ccccc1)c1ccccc1)=C/c1cccnc1. The highest BCUT2D eigenvalue weighted by Crippen LogP contribution is 2.25. The molecule has 2 aromatic carbocycles. The Morgan fingerprint density at radius 3 is 1.92 bits per heavy atom. The van der Waals surface area contributed by atoms with E-state index in [9.17, 15) is 9.90 Å². The van der Waals surface area contributed by atoms with Crippen LogP contribution in [0.1, 0.15) is 16.7 Å². The number of hydrogen-bond acceptors (Lipinski definition) is 2. The second kappa shape index (κ2) is 7.88. The molecule has 3 rings (SSSR count). The van der Waals surface area contributed by atoms with E-state index in [0.29, 0.717) is 0 Å². The Morgan fingerprint density at radius 2 is 1.44 bits per heavy atom. The molecule has 0 aliphatic heterocycles. The Bertz CT molecular complexity index is 857. The van der Waals surface area contributed by atoms with Crippen molar-refractivity contribution in [1.29, 1.82) is 0 Å². The number of hydrogen-bond donors (Lipinski definition) is 1. The summed E-state index contributed by atoms with van der Waals surface area (Å²) in [6, 6.07) is 23.2. The first-order valence-electron chi connectivity index (χ1n) is 7.91. The van der Waals surface area contributed by atoms with Crippen molar-refractivity contribution in [2.24, 2.45) is 0 Å². The Morgan fingerprint density at radius 1 is 0.840 bits per heavy atom. The van der Waals surface area contributed by atoms with Crippen LogP contribution in [0.2, 0.25) is 0 Å². The molecule has 1 aromatic heterocycles. The molecule has 0 aliphatic carbocycles. The molecule has 0 unspecified atom stereocenters. The van der Waals surface area contributed by atoms with Gasteiger partial charge >= 0.3 is 5.97 Å². The lowest BCUT2D eigenvalue weighted by atomic mass is 9.95. The van der Waals surface area contributed by atoms with Gasteiger partial charge in [0.1, 0.15) is 0 Å². The molecule has 1 heterocycles. The average molecular weight is 327 g/mol. The van der Waals surface area contributed by atoms with Gasteiger partial charge in [0.15, 0.2) is 0 Å². The normalized spacial score (nSPS) is 11.0. The number of nitrogens with zero attached hydrogens (tertiary/aromatic N) is 1. The van der Waals surface area contributed by atoms with Gasteiger partial charge in [-0.25, -0.2) is 4.79 Å². The third-order valence-corrected chi connectivity index (χ3v) is 3.72. The van der Waals surface area contributed by atoms with Gasteiger partial charge in [0, 0.05) is 12.4 Å². The molecule has 0 aliphatic rings. The van der Waals surface area contributed by atoms with Crippen LogP contribution in [0, 0.1) is 0 Å². The molecule has 3 aromatic rings. The number of carbonyl (C=O) groups is 1. The molecule has 3 nitrogen and oxygen atoms in total. The van der Waals surface area contributed by atoms with Crippen LogP contribution in [0.3, 0.4) is 0 Å². The molecular weight excluding hydrogens is 310 g/mol. The monoisotopic (exact) mass is 327 g/mol. The Balaban J connectivity index is 2.13. The molecule has 0 bridgehead atoms. The van der Waals surface area contributed by atoms with Gasteiger partial charge in [-0.15, -0.1) is 0 Å². The second-order valence-corrected chi connectivity index (χ2v) is 5.48. The molecule has 0 fully saturated rings.